The smallest absolute Gasteiger partial charge is 0.0432 e. The Morgan fingerprint density at radius 1 is 1.36 bits per heavy atom. The van der Waals surface area contributed by atoms with Crippen LogP contribution in [0.1, 0.15) is 19.8 Å². The predicted molar refractivity (Wildman–Crippen MR) is 93.3 cm³/mol. The third-order valence-corrected chi connectivity index (χ3v) is 4.81. The molecular weight excluding hydrogens is 270 g/mol. The lowest BCUT2D eigenvalue weighted by Gasteiger charge is -2.44. The highest BCUT2D eigenvalue weighted by Gasteiger charge is 2.40. The van der Waals surface area contributed by atoms with Crippen LogP contribution in [-0.4, -0.2) is 19.3 Å². The summed E-state index contributed by atoms with van der Waals surface area (Å²) in [5, 5.41) is 14.8. The van der Waals surface area contributed by atoms with Gasteiger partial charge in [-0.05, 0) is 50.1 Å². The number of allylic oxidation sites excluding steroid dienone is 2. The Hall–Kier alpha value is -2.13. The van der Waals surface area contributed by atoms with Crippen molar-refractivity contribution >= 4 is 11.9 Å². The molecule has 22 heavy (non-hydrogen) atoms. The van der Waals surface area contributed by atoms with Crippen LogP contribution in [0.4, 0.5) is 5.69 Å². The van der Waals surface area contributed by atoms with Crippen molar-refractivity contribution in [2.45, 2.75) is 19.8 Å². The number of nitrogens with one attached hydrogen (secondary N) is 3. The zero-order valence-corrected chi connectivity index (χ0v) is 13.1. The molecular formula is C19H23N3. The highest BCUT2D eigenvalue weighted by atomic mass is 14.9. The lowest BCUT2D eigenvalue weighted by atomic mass is 9.65. The molecule has 3 heteroatoms. The third kappa shape index (κ3) is 2.53. The summed E-state index contributed by atoms with van der Waals surface area (Å²) >= 11 is 0. The van der Waals surface area contributed by atoms with E-state index in [4.69, 9.17) is 5.41 Å². The predicted octanol–water partition coefficient (Wildman–Crippen LogP) is 3.89. The van der Waals surface area contributed by atoms with Gasteiger partial charge in [0.15, 0.2) is 0 Å². The van der Waals surface area contributed by atoms with Crippen molar-refractivity contribution in [2.24, 2.45) is 5.41 Å². The lowest BCUT2D eigenvalue weighted by molar-refractivity contribution is 0.344. The first-order valence-electron chi connectivity index (χ1n) is 7.79. The SMILES string of the molecule is C=C(C)C12CNCCC1=CC(Nc1ccccc1)=C(C=N)C2. The van der Waals surface area contributed by atoms with Gasteiger partial charge >= 0.3 is 0 Å². The molecule has 1 aromatic carbocycles. The summed E-state index contributed by atoms with van der Waals surface area (Å²) in [4.78, 5) is 0. The van der Waals surface area contributed by atoms with Crippen LogP contribution in [0.2, 0.25) is 0 Å². The molecule has 0 spiro atoms. The zero-order valence-electron chi connectivity index (χ0n) is 13.1. The molecule has 114 valence electrons. The first-order chi connectivity index (χ1) is 10.7. The number of rotatable bonds is 4. The number of fused-ring (bicyclic) bond motifs is 1. The van der Waals surface area contributed by atoms with E-state index in [1.165, 1.54) is 17.4 Å². The fourth-order valence-electron chi connectivity index (χ4n) is 3.45. The molecule has 1 fully saturated rings. The highest BCUT2D eigenvalue weighted by Crippen LogP contribution is 2.47. The molecule has 1 unspecified atom stereocenters. The molecule has 0 saturated carbocycles. The van der Waals surface area contributed by atoms with Gasteiger partial charge in [-0.3, -0.25) is 0 Å². The Morgan fingerprint density at radius 3 is 2.82 bits per heavy atom. The maximum absolute atomic E-state index is 7.82. The number of anilines is 1. The molecule has 1 aliphatic carbocycles. The number of benzene rings is 1. The van der Waals surface area contributed by atoms with Gasteiger partial charge in [0.25, 0.3) is 0 Å². The molecule has 1 saturated heterocycles. The van der Waals surface area contributed by atoms with Crippen LogP contribution in [0.25, 0.3) is 0 Å². The molecule has 3 rings (SSSR count). The minimum Gasteiger partial charge on any atom is -0.355 e. The van der Waals surface area contributed by atoms with E-state index in [9.17, 15) is 0 Å². The molecule has 2 aliphatic rings. The van der Waals surface area contributed by atoms with Gasteiger partial charge in [-0.15, -0.1) is 0 Å². The number of piperidine rings is 1. The Kier molecular flexibility index (Phi) is 3.99. The van der Waals surface area contributed by atoms with Crippen LogP contribution in [0.5, 0.6) is 0 Å². The quantitative estimate of drug-likeness (QED) is 0.582. The van der Waals surface area contributed by atoms with Crippen LogP contribution < -0.4 is 10.6 Å². The summed E-state index contributed by atoms with van der Waals surface area (Å²) in [6, 6.07) is 10.2. The van der Waals surface area contributed by atoms with Crippen molar-refractivity contribution in [1.29, 1.82) is 5.41 Å². The largest absolute Gasteiger partial charge is 0.355 e. The summed E-state index contributed by atoms with van der Waals surface area (Å²) < 4.78 is 0. The van der Waals surface area contributed by atoms with Gasteiger partial charge in [-0.1, -0.05) is 35.9 Å². The summed E-state index contributed by atoms with van der Waals surface area (Å²) in [6.07, 6.45) is 5.61. The number of para-hydroxylation sites is 1. The van der Waals surface area contributed by atoms with Gasteiger partial charge in [0.2, 0.25) is 0 Å². The monoisotopic (exact) mass is 293 g/mol. The average Bonchev–Trinajstić information content (AvgIpc) is 2.55. The second-order valence-corrected chi connectivity index (χ2v) is 6.21. The first-order valence-corrected chi connectivity index (χ1v) is 7.79. The molecule has 0 amide bonds. The minimum atomic E-state index is -0.0208. The molecule has 3 N–H and O–H groups in total. The van der Waals surface area contributed by atoms with Gasteiger partial charge in [0.05, 0.1) is 0 Å². The van der Waals surface area contributed by atoms with Crippen LogP contribution in [0.3, 0.4) is 0 Å². The fourth-order valence-corrected chi connectivity index (χ4v) is 3.45. The van der Waals surface area contributed by atoms with Crippen LogP contribution in [0, 0.1) is 10.8 Å². The van der Waals surface area contributed by atoms with Crippen LogP contribution in [0.15, 0.2) is 65.4 Å². The molecule has 1 heterocycles. The highest BCUT2D eigenvalue weighted by molar-refractivity contribution is 5.81. The summed E-state index contributed by atoms with van der Waals surface area (Å²) in [7, 11) is 0. The van der Waals surface area contributed by atoms with E-state index < -0.39 is 0 Å². The van der Waals surface area contributed by atoms with Crippen molar-refractivity contribution in [3.8, 4) is 0 Å². The van der Waals surface area contributed by atoms with E-state index in [0.29, 0.717) is 0 Å². The summed E-state index contributed by atoms with van der Waals surface area (Å²) in [5.74, 6) is 0. The van der Waals surface area contributed by atoms with Gasteiger partial charge in [0, 0.05) is 29.6 Å². The van der Waals surface area contributed by atoms with Gasteiger partial charge in [-0.2, -0.15) is 0 Å². The van der Waals surface area contributed by atoms with E-state index in [-0.39, 0.29) is 5.41 Å². The van der Waals surface area contributed by atoms with Gasteiger partial charge < -0.3 is 16.0 Å². The number of hydrogen-bond acceptors (Lipinski definition) is 3. The van der Waals surface area contributed by atoms with Crippen molar-refractivity contribution in [3.63, 3.8) is 0 Å². The Morgan fingerprint density at radius 2 is 2.14 bits per heavy atom. The van der Waals surface area contributed by atoms with Crippen molar-refractivity contribution in [3.05, 3.63) is 65.4 Å². The maximum atomic E-state index is 7.82. The lowest BCUT2D eigenvalue weighted by Crippen LogP contribution is -2.44. The second kappa shape index (κ2) is 5.93. The van der Waals surface area contributed by atoms with Crippen LogP contribution in [-0.2, 0) is 0 Å². The molecule has 1 aromatic rings. The fraction of sp³-hybridized carbons (Fsp3) is 0.316. The van der Waals surface area contributed by atoms with E-state index in [1.54, 1.807) is 0 Å². The first kappa shape index (κ1) is 14.8. The standard InChI is InChI=1S/C19H23N3/c1-14(2)19-11-15(12-20)18(10-16(19)8-9-21-13-19)22-17-6-4-3-5-7-17/h3-7,10,12,20-22H,1,8-9,11,13H2,2H3. The molecule has 1 aliphatic heterocycles. The second-order valence-electron chi connectivity index (χ2n) is 6.21. The minimum absolute atomic E-state index is 0.0208. The van der Waals surface area contributed by atoms with E-state index in [0.717, 1.165) is 42.9 Å². The average molecular weight is 293 g/mol. The zero-order chi connectivity index (χ0) is 15.6. The topological polar surface area (TPSA) is 47.9 Å². The normalized spacial score (nSPS) is 24.3. The third-order valence-electron chi connectivity index (χ3n) is 4.81. The Balaban J connectivity index is 1.98. The van der Waals surface area contributed by atoms with Crippen molar-refractivity contribution in [1.82, 2.24) is 5.32 Å². The Bertz CT molecular complexity index is 655. The van der Waals surface area contributed by atoms with Gasteiger partial charge in [0.1, 0.15) is 0 Å². The maximum Gasteiger partial charge on any atom is 0.0432 e. The van der Waals surface area contributed by atoms with Crippen molar-refractivity contribution < 1.29 is 0 Å². The van der Waals surface area contributed by atoms with Gasteiger partial charge in [-0.25, -0.2) is 0 Å². The van der Waals surface area contributed by atoms with Crippen LogP contribution >= 0.6 is 0 Å². The van der Waals surface area contributed by atoms with E-state index >= 15 is 0 Å². The molecule has 1 atom stereocenters. The summed E-state index contributed by atoms with van der Waals surface area (Å²) in [5.41, 5.74) is 5.75. The van der Waals surface area contributed by atoms with E-state index in [2.05, 4.69) is 42.3 Å². The molecule has 0 bridgehead atoms. The molecule has 3 nitrogen and oxygen atoms in total. The Labute approximate surface area is 132 Å². The van der Waals surface area contributed by atoms with E-state index in [1.807, 2.05) is 18.2 Å². The molecule has 0 radical (unpaired) electrons. The summed E-state index contributed by atoms with van der Waals surface area (Å²) in [6.45, 7) is 8.28. The number of hydrogen-bond donors (Lipinski definition) is 3. The molecule has 0 aromatic heterocycles. The van der Waals surface area contributed by atoms with Crippen molar-refractivity contribution in [2.75, 3.05) is 18.4 Å².